The highest BCUT2D eigenvalue weighted by Gasteiger charge is 2.18. The van der Waals surface area contributed by atoms with Crippen LogP contribution in [0.4, 0.5) is 0 Å². The van der Waals surface area contributed by atoms with Crippen LogP contribution >= 0.6 is 0 Å². The summed E-state index contributed by atoms with van der Waals surface area (Å²) in [5.74, 6) is 0.849. The number of nitrogens with zero attached hydrogens (tertiary/aromatic N) is 1. The Labute approximate surface area is 101 Å². The molecule has 0 aromatic rings. The van der Waals surface area contributed by atoms with Crippen molar-refractivity contribution in [1.29, 1.82) is 0 Å². The van der Waals surface area contributed by atoms with E-state index in [-0.39, 0.29) is 0 Å². The second kappa shape index (κ2) is 8.97. The van der Waals surface area contributed by atoms with E-state index in [0.717, 1.165) is 32.2 Å². The molecule has 0 saturated carbocycles. The van der Waals surface area contributed by atoms with Crippen molar-refractivity contribution in [3.8, 4) is 0 Å². The monoisotopic (exact) mass is 228 g/mol. The minimum Gasteiger partial charge on any atom is -0.380 e. The van der Waals surface area contributed by atoms with Gasteiger partial charge >= 0.3 is 0 Å². The number of piperidine rings is 1. The van der Waals surface area contributed by atoms with Crippen LogP contribution in [-0.4, -0.2) is 50.8 Å². The summed E-state index contributed by atoms with van der Waals surface area (Å²) in [5.41, 5.74) is 0. The molecule has 3 nitrogen and oxygen atoms in total. The molecule has 1 rings (SSSR count). The van der Waals surface area contributed by atoms with Gasteiger partial charge < -0.3 is 15.0 Å². The summed E-state index contributed by atoms with van der Waals surface area (Å²) < 4.78 is 5.41. The van der Waals surface area contributed by atoms with Crippen LogP contribution in [0.3, 0.4) is 0 Å². The lowest BCUT2D eigenvalue weighted by Crippen LogP contribution is -2.41. The molecule has 16 heavy (non-hydrogen) atoms. The van der Waals surface area contributed by atoms with E-state index in [2.05, 4.69) is 24.1 Å². The first-order chi connectivity index (χ1) is 7.86. The maximum Gasteiger partial charge on any atom is 0.0593 e. The second-order valence-corrected chi connectivity index (χ2v) is 4.71. The SMILES string of the molecule is CCCNCC1CCCN(CCOCC)C1. The zero-order valence-corrected chi connectivity index (χ0v) is 11.0. The molecule has 96 valence electrons. The molecular weight excluding hydrogens is 200 g/mol. The lowest BCUT2D eigenvalue weighted by molar-refractivity contribution is 0.0916. The smallest absolute Gasteiger partial charge is 0.0593 e. The molecule has 1 unspecified atom stereocenters. The molecule has 1 atom stereocenters. The minimum atomic E-state index is 0.843. The average molecular weight is 228 g/mol. The number of ether oxygens (including phenoxy) is 1. The van der Waals surface area contributed by atoms with Gasteiger partial charge in [0.2, 0.25) is 0 Å². The van der Waals surface area contributed by atoms with E-state index in [0.29, 0.717) is 0 Å². The Bertz CT molecular complexity index is 148. The molecule has 1 N–H and O–H groups in total. The van der Waals surface area contributed by atoms with Gasteiger partial charge in [-0.1, -0.05) is 6.92 Å². The maximum absolute atomic E-state index is 5.41. The van der Waals surface area contributed by atoms with Gasteiger partial charge in [0.1, 0.15) is 0 Å². The molecule has 0 aromatic carbocycles. The zero-order chi connectivity index (χ0) is 11.6. The molecule has 0 aliphatic carbocycles. The van der Waals surface area contributed by atoms with Gasteiger partial charge in [0.25, 0.3) is 0 Å². The molecule has 0 amide bonds. The third kappa shape index (κ3) is 5.83. The van der Waals surface area contributed by atoms with Gasteiger partial charge in [0.05, 0.1) is 6.61 Å². The first-order valence-electron chi connectivity index (χ1n) is 6.87. The van der Waals surface area contributed by atoms with E-state index in [1.54, 1.807) is 0 Å². The highest BCUT2D eigenvalue weighted by molar-refractivity contribution is 4.74. The van der Waals surface area contributed by atoms with Crippen molar-refractivity contribution in [2.24, 2.45) is 5.92 Å². The molecule has 1 aliphatic rings. The van der Waals surface area contributed by atoms with Gasteiger partial charge in [-0.3, -0.25) is 0 Å². The summed E-state index contributed by atoms with van der Waals surface area (Å²) in [5, 5.41) is 3.53. The molecule has 0 radical (unpaired) electrons. The van der Waals surface area contributed by atoms with E-state index >= 15 is 0 Å². The Morgan fingerprint density at radius 2 is 2.25 bits per heavy atom. The molecule has 1 aliphatic heterocycles. The number of likely N-dealkylation sites (tertiary alicyclic amines) is 1. The van der Waals surface area contributed by atoms with Gasteiger partial charge in [0, 0.05) is 19.7 Å². The Kier molecular flexibility index (Phi) is 7.81. The summed E-state index contributed by atoms with van der Waals surface area (Å²) >= 11 is 0. The number of hydrogen-bond donors (Lipinski definition) is 1. The van der Waals surface area contributed by atoms with Crippen molar-refractivity contribution in [2.75, 3.05) is 45.9 Å². The van der Waals surface area contributed by atoms with Crippen LogP contribution in [0.5, 0.6) is 0 Å². The molecule has 3 heteroatoms. The van der Waals surface area contributed by atoms with Crippen LogP contribution in [0, 0.1) is 5.92 Å². The summed E-state index contributed by atoms with van der Waals surface area (Å²) in [6.45, 7) is 12.0. The summed E-state index contributed by atoms with van der Waals surface area (Å²) in [6.07, 6.45) is 3.98. The number of rotatable bonds is 8. The summed E-state index contributed by atoms with van der Waals surface area (Å²) in [4.78, 5) is 2.55. The van der Waals surface area contributed by atoms with Crippen molar-refractivity contribution in [3.05, 3.63) is 0 Å². The first-order valence-corrected chi connectivity index (χ1v) is 6.87. The van der Waals surface area contributed by atoms with E-state index in [9.17, 15) is 0 Å². The van der Waals surface area contributed by atoms with Crippen LogP contribution in [0.15, 0.2) is 0 Å². The Hall–Kier alpha value is -0.120. The standard InChI is InChI=1S/C13H28N2O/c1-3-7-14-11-13-6-5-8-15(12-13)9-10-16-4-2/h13-14H,3-12H2,1-2H3. The Morgan fingerprint density at radius 1 is 1.38 bits per heavy atom. The summed E-state index contributed by atoms with van der Waals surface area (Å²) in [6, 6.07) is 0. The highest BCUT2D eigenvalue weighted by Crippen LogP contribution is 2.15. The topological polar surface area (TPSA) is 24.5 Å². The Morgan fingerprint density at radius 3 is 3.00 bits per heavy atom. The van der Waals surface area contributed by atoms with Gasteiger partial charge in [-0.25, -0.2) is 0 Å². The van der Waals surface area contributed by atoms with Crippen LogP contribution in [0.1, 0.15) is 33.1 Å². The normalized spacial score (nSPS) is 22.5. The predicted molar refractivity (Wildman–Crippen MR) is 68.8 cm³/mol. The van der Waals surface area contributed by atoms with Crippen LogP contribution in [0.2, 0.25) is 0 Å². The van der Waals surface area contributed by atoms with Crippen molar-refractivity contribution in [2.45, 2.75) is 33.1 Å². The molecular formula is C13H28N2O. The molecule has 1 saturated heterocycles. The van der Waals surface area contributed by atoms with Gasteiger partial charge in [0.15, 0.2) is 0 Å². The van der Waals surface area contributed by atoms with Crippen LogP contribution in [-0.2, 0) is 4.74 Å². The van der Waals surface area contributed by atoms with E-state index in [1.807, 2.05) is 0 Å². The third-order valence-electron chi connectivity index (χ3n) is 3.22. The fourth-order valence-corrected chi connectivity index (χ4v) is 2.34. The maximum atomic E-state index is 5.41. The highest BCUT2D eigenvalue weighted by atomic mass is 16.5. The van der Waals surface area contributed by atoms with E-state index < -0.39 is 0 Å². The van der Waals surface area contributed by atoms with Crippen molar-refractivity contribution >= 4 is 0 Å². The van der Waals surface area contributed by atoms with Crippen molar-refractivity contribution in [3.63, 3.8) is 0 Å². The average Bonchev–Trinajstić information content (AvgIpc) is 2.30. The number of hydrogen-bond acceptors (Lipinski definition) is 3. The molecule has 1 fully saturated rings. The van der Waals surface area contributed by atoms with Gasteiger partial charge in [-0.05, 0) is 51.7 Å². The minimum absolute atomic E-state index is 0.843. The van der Waals surface area contributed by atoms with Crippen LogP contribution in [0.25, 0.3) is 0 Å². The Balaban J connectivity index is 2.09. The van der Waals surface area contributed by atoms with Crippen molar-refractivity contribution in [1.82, 2.24) is 10.2 Å². The first kappa shape index (κ1) is 13.9. The van der Waals surface area contributed by atoms with Crippen LogP contribution < -0.4 is 5.32 Å². The predicted octanol–water partition coefficient (Wildman–Crippen LogP) is 1.73. The quantitative estimate of drug-likeness (QED) is 0.640. The van der Waals surface area contributed by atoms with Gasteiger partial charge in [-0.2, -0.15) is 0 Å². The molecule has 0 aromatic heterocycles. The molecule has 0 spiro atoms. The number of nitrogens with one attached hydrogen (secondary N) is 1. The second-order valence-electron chi connectivity index (χ2n) is 4.71. The lowest BCUT2D eigenvalue weighted by atomic mass is 9.98. The molecule has 0 bridgehead atoms. The largest absolute Gasteiger partial charge is 0.380 e. The third-order valence-corrected chi connectivity index (χ3v) is 3.22. The zero-order valence-electron chi connectivity index (χ0n) is 11.0. The van der Waals surface area contributed by atoms with Gasteiger partial charge in [-0.15, -0.1) is 0 Å². The fraction of sp³-hybridized carbons (Fsp3) is 1.00. The lowest BCUT2D eigenvalue weighted by Gasteiger charge is -2.32. The van der Waals surface area contributed by atoms with Crippen molar-refractivity contribution < 1.29 is 4.74 Å². The van der Waals surface area contributed by atoms with E-state index in [4.69, 9.17) is 4.74 Å². The summed E-state index contributed by atoms with van der Waals surface area (Å²) in [7, 11) is 0. The van der Waals surface area contributed by atoms with E-state index in [1.165, 1.54) is 38.9 Å². The molecule has 1 heterocycles. The fourth-order valence-electron chi connectivity index (χ4n) is 2.34.